The average Bonchev–Trinajstić information content (AvgIpc) is 2.51. The van der Waals surface area contributed by atoms with E-state index in [0.29, 0.717) is 6.04 Å². The largest absolute Gasteiger partial charge is 0.379 e. The van der Waals surface area contributed by atoms with Gasteiger partial charge >= 0.3 is 0 Å². The highest BCUT2D eigenvalue weighted by molar-refractivity contribution is 6.18. The lowest BCUT2D eigenvalue weighted by atomic mass is 10.0. The highest BCUT2D eigenvalue weighted by atomic mass is 35.5. The Morgan fingerprint density at radius 1 is 1.31 bits per heavy atom. The van der Waals surface area contributed by atoms with E-state index in [4.69, 9.17) is 16.3 Å². The topological polar surface area (TPSA) is 12.5 Å². The fraction of sp³-hybridized carbons (Fsp3) is 1.00. The van der Waals surface area contributed by atoms with E-state index in [1.807, 2.05) is 0 Å². The number of likely N-dealkylation sites (tertiary alicyclic amines) is 1. The summed E-state index contributed by atoms with van der Waals surface area (Å²) >= 11 is 6.06. The number of rotatable bonds is 5. The molecule has 1 fully saturated rings. The third-order valence-corrected chi connectivity index (χ3v) is 4.09. The second-order valence-electron chi connectivity index (χ2n) is 5.41. The number of methoxy groups -OCH3 is 1. The Morgan fingerprint density at radius 2 is 2.06 bits per heavy atom. The Balaban J connectivity index is 2.42. The summed E-state index contributed by atoms with van der Waals surface area (Å²) in [6.45, 7) is 6.62. The number of nitrogens with zero attached hydrogens (tertiary/aromatic N) is 1. The fourth-order valence-electron chi connectivity index (χ4n) is 2.22. The summed E-state index contributed by atoms with van der Waals surface area (Å²) in [6, 6.07) is 0.580. The first-order valence-corrected chi connectivity index (χ1v) is 6.97. The average molecular weight is 248 g/mol. The fourth-order valence-corrected chi connectivity index (χ4v) is 2.57. The smallest absolute Gasteiger partial charge is 0.0634 e. The van der Waals surface area contributed by atoms with Gasteiger partial charge in [-0.05, 0) is 39.7 Å². The Bertz CT molecular complexity index is 196. The molecule has 16 heavy (non-hydrogen) atoms. The van der Waals surface area contributed by atoms with E-state index in [0.717, 1.165) is 18.8 Å². The molecule has 1 heterocycles. The van der Waals surface area contributed by atoms with Crippen LogP contribution < -0.4 is 0 Å². The lowest BCUT2D eigenvalue weighted by molar-refractivity contribution is 0.00486. The molecule has 0 aromatic heterocycles. The minimum absolute atomic E-state index is 0.0107. The molecule has 0 bridgehead atoms. The molecular formula is C13H26ClNO. The molecule has 96 valence electrons. The van der Waals surface area contributed by atoms with Gasteiger partial charge in [-0.1, -0.05) is 12.8 Å². The number of hydrogen-bond donors (Lipinski definition) is 0. The van der Waals surface area contributed by atoms with E-state index in [1.165, 1.54) is 32.2 Å². The van der Waals surface area contributed by atoms with Crippen LogP contribution in [0.3, 0.4) is 0 Å². The lowest BCUT2D eigenvalue weighted by Crippen LogP contribution is -2.39. The van der Waals surface area contributed by atoms with Crippen LogP contribution in [0.2, 0.25) is 0 Å². The van der Waals surface area contributed by atoms with Crippen LogP contribution >= 0.6 is 11.6 Å². The van der Waals surface area contributed by atoms with E-state index >= 15 is 0 Å². The first-order chi connectivity index (χ1) is 7.59. The van der Waals surface area contributed by atoms with E-state index in [1.54, 1.807) is 7.11 Å². The van der Waals surface area contributed by atoms with Gasteiger partial charge in [0.25, 0.3) is 0 Å². The van der Waals surface area contributed by atoms with Crippen LogP contribution in [-0.2, 0) is 4.74 Å². The molecule has 1 saturated heterocycles. The van der Waals surface area contributed by atoms with Crippen molar-refractivity contribution in [2.24, 2.45) is 0 Å². The molecule has 1 atom stereocenters. The molecule has 0 aliphatic carbocycles. The van der Waals surface area contributed by atoms with Crippen molar-refractivity contribution in [1.29, 1.82) is 0 Å². The van der Waals surface area contributed by atoms with Crippen molar-refractivity contribution in [2.45, 2.75) is 57.6 Å². The quantitative estimate of drug-likeness (QED) is 0.692. The standard InChI is InChI=1S/C13H26ClNO/c1-13(2,16-3)8-10-15-9-6-4-5-7-12(15)11-14/h12H,4-11H2,1-3H3. The van der Waals surface area contributed by atoms with E-state index in [2.05, 4.69) is 18.7 Å². The summed E-state index contributed by atoms with van der Waals surface area (Å²) in [7, 11) is 1.79. The molecule has 0 spiro atoms. The Labute approximate surface area is 105 Å². The SMILES string of the molecule is COC(C)(C)CCN1CCCCCC1CCl. The molecule has 0 aromatic rings. The monoisotopic (exact) mass is 247 g/mol. The van der Waals surface area contributed by atoms with Crippen molar-refractivity contribution < 1.29 is 4.74 Å². The zero-order valence-corrected chi connectivity index (χ0v) is 11.7. The third kappa shape index (κ3) is 4.60. The minimum atomic E-state index is -0.0107. The Kier molecular flexibility index (Phi) is 6.09. The van der Waals surface area contributed by atoms with E-state index in [-0.39, 0.29) is 5.60 Å². The maximum absolute atomic E-state index is 6.06. The molecule has 0 radical (unpaired) electrons. The van der Waals surface area contributed by atoms with Crippen molar-refractivity contribution >= 4 is 11.6 Å². The molecule has 1 aliphatic rings. The van der Waals surface area contributed by atoms with Crippen LogP contribution in [0.1, 0.15) is 46.0 Å². The van der Waals surface area contributed by atoms with Gasteiger partial charge in [-0.3, -0.25) is 4.90 Å². The van der Waals surface area contributed by atoms with Crippen LogP contribution in [0.25, 0.3) is 0 Å². The zero-order valence-electron chi connectivity index (χ0n) is 11.0. The van der Waals surface area contributed by atoms with Crippen LogP contribution in [-0.4, -0.2) is 42.6 Å². The molecule has 1 unspecified atom stereocenters. The number of halogens is 1. The highest BCUT2D eigenvalue weighted by Gasteiger charge is 2.23. The Morgan fingerprint density at radius 3 is 2.69 bits per heavy atom. The van der Waals surface area contributed by atoms with Gasteiger partial charge in [-0.25, -0.2) is 0 Å². The Hall–Kier alpha value is 0.210. The van der Waals surface area contributed by atoms with Gasteiger partial charge in [0.05, 0.1) is 5.60 Å². The number of hydrogen-bond acceptors (Lipinski definition) is 2. The van der Waals surface area contributed by atoms with Crippen molar-refractivity contribution in [1.82, 2.24) is 4.90 Å². The number of alkyl halides is 1. The molecule has 0 amide bonds. The van der Waals surface area contributed by atoms with E-state index < -0.39 is 0 Å². The first-order valence-electron chi connectivity index (χ1n) is 6.44. The predicted octanol–water partition coefficient (Wildman–Crippen LogP) is 3.28. The van der Waals surface area contributed by atoms with Gasteiger partial charge in [0.1, 0.15) is 0 Å². The molecule has 1 aliphatic heterocycles. The van der Waals surface area contributed by atoms with Crippen LogP contribution in [0.5, 0.6) is 0 Å². The van der Waals surface area contributed by atoms with Crippen molar-refractivity contribution in [3.63, 3.8) is 0 Å². The van der Waals surface area contributed by atoms with Gasteiger partial charge in [0.2, 0.25) is 0 Å². The molecule has 2 nitrogen and oxygen atoms in total. The first kappa shape index (κ1) is 14.3. The van der Waals surface area contributed by atoms with Gasteiger partial charge in [0.15, 0.2) is 0 Å². The van der Waals surface area contributed by atoms with Gasteiger partial charge in [-0.15, -0.1) is 11.6 Å². The van der Waals surface area contributed by atoms with Crippen LogP contribution in [0.15, 0.2) is 0 Å². The molecule has 0 N–H and O–H groups in total. The molecule has 3 heteroatoms. The summed E-state index contributed by atoms with van der Waals surface area (Å²) in [5, 5.41) is 0. The maximum Gasteiger partial charge on any atom is 0.0634 e. The predicted molar refractivity (Wildman–Crippen MR) is 70.3 cm³/mol. The summed E-state index contributed by atoms with van der Waals surface area (Å²) in [4.78, 5) is 2.56. The normalized spacial score (nSPS) is 24.4. The maximum atomic E-state index is 6.06. The minimum Gasteiger partial charge on any atom is -0.379 e. The number of ether oxygens (including phenoxy) is 1. The molecule has 1 rings (SSSR count). The van der Waals surface area contributed by atoms with E-state index in [9.17, 15) is 0 Å². The molecule has 0 saturated carbocycles. The molecular weight excluding hydrogens is 222 g/mol. The van der Waals surface area contributed by atoms with Gasteiger partial charge < -0.3 is 4.74 Å². The van der Waals surface area contributed by atoms with Crippen molar-refractivity contribution in [3.05, 3.63) is 0 Å². The second kappa shape index (κ2) is 6.83. The molecule has 0 aromatic carbocycles. The summed E-state index contributed by atoms with van der Waals surface area (Å²) in [5.41, 5.74) is -0.0107. The van der Waals surface area contributed by atoms with Crippen molar-refractivity contribution in [2.75, 3.05) is 26.1 Å². The van der Waals surface area contributed by atoms with Crippen molar-refractivity contribution in [3.8, 4) is 0 Å². The third-order valence-electron chi connectivity index (χ3n) is 3.73. The second-order valence-corrected chi connectivity index (χ2v) is 5.72. The van der Waals surface area contributed by atoms with Gasteiger partial charge in [-0.2, -0.15) is 0 Å². The summed E-state index contributed by atoms with van der Waals surface area (Å²) < 4.78 is 5.47. The zero-order chi connectivity index (χ0) is 12.0. The van der Waals surface area contributed by atoms with Gasteiger partial charge in [0, 0.05) is 25.6 Å². The summed E-state index contributed by atoms with van der Waals surface area (Å²) in [6.07, 6.45) is 6.35. The van der Waals surface area contributed by atoms with Crippen LogP contribution in [0, 0.1) is 0 Å². The lowest BCUT2D eigenvalue weighted by Gasteiger charge is -2.32. The van der Waals surface area contributed by atoms with Crippen LogP contribution in [0.4, 0.5) is 0 Å². The summed E-state index contributed by atoms with van der Waals surface area (Å²) in [5.74, 6) is 0.771. The highest BCUT2D eigenvalue weighted by Crippen LogP contribution is 2.21.